The number of carbonyl (C=O) groups excluding carboxylic acids is 1. The zero-order valence-electron chi connectivity index (χ0n) is 26.8. The van der Waals surface area contributed by atoms with Crippen molar-refractivity contribution in [1.29, 1.82) is 0 Å². The van der Waals surface area contributed by atoms with Gasteiger partial charge >= 0.3 is 5.97 Å². The molecule has 1 saturated heterocycles. The first-order valence-corrected chi connectivity index (χ1v) is 16.5. The van der Waals surface area contributed by atoms with Gasteiger partial charge in [0.25, 0.3) is 0 Å². The summed E-state index contributed by atoms with van der Waals surface area (Å²) in [6.45, 7) is 1.03. The molecule has 1 aliphatic rings. The summed E-state index contributed by atoms with van der Waals surface area (Å²) in [5.74, 6) is -0.846. The molecule has 2 heterocycles. The molecule has 48 heavy (non-hydrogen) atoms. The highest BCUT2D eigenvalue weighted by Gasteiger charge is 2.32. The van der Waals surface area contributed by atoms with Gasteiger partial charge in [-0.25, -0.2) is 4.98 Å². The molecule has 9 heteroatoms. The van der Waals surface area contributed by atoms with E-state index in [1.165, 1.54) is 0 Å². The van der Waals surface area contributed by atoms with Gasteiger partial charge < -0.3 is 29.6 Å². The van der Waals surface area contributed by atoms with Crippen LogP contribution in [0.15, 0.2) is 103 Å². The molecule has 0 aliphatic carbocycles. The molecular weight excluding hydrogens is 606 g/mol. The molecule has 9 nitrogen and oxygen atoms in total. The van der Waals surface area contributed by atoms with Crippen molar-refractivity contribution in [2.45, 2.75) is 76.7 Å². The lowest BCUT2D eigenvalue weighted by Crippen LogP contribution is -2.32. The van der Waals surface area contributed by atoms with Crippen LogP contribution in [-0.4, -0.2) is 37.7 Å². The lowest BCUT2D eigenvalue weighted by Gasteiger charge is -2.36. The number of ether oxygens (including phenoxy) is 2. The minimum absolute atomic E-state index is 0.00804. The van der Waals surface area contributed by atoms with Crippen molar-refractivity contribution in [2.24, 2.45) is 0 Å². The molecule has 1 amide bonds. The number of amides is 1. The highest BCUT2D eigenvalue weighted by atomic mass is 16.7. The molecule has 5 aromatic rings. The van der Waals surface area contributed by atoms with E-state index in [-0.39, 0.29) is 31.1 Å². The number of carboxylic acids is 1. The number of benzene rings is 4. The number of unbranched alkanes of at least 4 members (excludes halogenated alkanes) is 2. The monoisotopic (exact) mass is 647 g/mol. The second-order valence-corrected chi connectivity index (χ2v) is 12.2. The normalized spacial score (nSPS) is 17.7. The Morgan fingerprint density at radius 1 is 0.833 bits per heavy atom. The van der Waals surface area contributed by atoms with Gasteiger partial charge in [-0.15, -0.1) is 0 Å². The van der Waals surface area contributed by atoms with Crippen LogP contribution in [0.25, 0.3) is 22.2 Å². The van der Waals surface area contributed by atoms with Crippen molar-refractivity contribution in [3.05, 3.63) is 126 Å². The highest BCUT2D eigenvalue weighted by molar-refractivity contribution is 5.77. The number of para-hydroxylation sites is 2. The third kappa shape index (κ3) is 8.36. The Balaban J connectivity index is 1.15. The Kier molecular flexibility index (Phi) is 10.9. The van der Waals surface area contributed by atoms with E-state index in [1.54, 1.807) is 0 Å². The second-order valence-electron chi connectivity index (χ2n) is 12.2. The van der Waals surface area contributed by atoms with Crippen LogP contribution in [0.3, 0.4) is 0 Å². The molecule has 0 bridgehead atoms. The van der Waals surface area contributed by atoms with Crippen LogP contribution in [0.2, 0.25) is 0 Å². The van der Waals surface area contributed by atoms with E-state index in [9.17, 15) is 14.7 Å². The average molecular weight is 648 g/mol. The molecule has 0 spiro atoms. The molecule has 3 N–H and O–H groups in total. The van der Waals surface area contributed by atoms with Gasteiger partial charge in [-0.2, -0.15) is 0 Å². The molecule has 1 fully saturated rings. The minimum atomic E-state index is -0.805. The Morgan fingerprint density at radius 2 is 1.56 bits per heavy atom. The molecule has 248 valence electrons. The maximum Gasteiger partial charge on any atom is 0.303 e. The van der Waals surface area contributed by atoms with E-state index in [0.29, 0.717) is 38.8 Å². The minimum Gasteiger partial charge on any atom is -0.481 e. The van der Waals surface area contributed by atoms with E-state index in [1.807, 2.05) is 85.2 Å². The zero-order chi connectivity index (χ0) is 33.3. The van der Waals surface area contributed by atoms with Gasteiger partial charge in [-0.1, -0.05) is 91.3 Å². The Hall–Kier alpha value is -4.83. The number of carboxylic acid groups (broad SMARTS) is 1. The van der Waals surface area contributed by atoms with Crippen molar-refractivity contribution in [2.75, 3.05) is 0 Å². The van der Waals surface area contributed by atoms with Gasteiger partial charge in [0.05, 0.1) is 42.7 Å². The predicted molar refractivity (Wildman–Crippen MR) is 183 cm³/mol. The summed E-state index contributed by atoms with van der Waals surface area (Å²) >= 11 is 0. The third-order valence-electron chi connectivity index (χ3n) is 8.82. The molecule has 0 unspecified atom stereocenters. The van der Waals surface area contributed by atoms with E-state index in [2.05, 4.69) is 33.1 Å². The Bertz CT molecular complexity index is 1820. The number of aliphatic hydroxyl groups excluding tert-OH is 1. The summed E-state index contributed by atoms with van der Waals surface area (Å²) in [7, 11) is 0. The fourth-order valence-electron chi connectivity index (χ4n) is 6.20. The second kappa shape index (κ2) is 15.8. The Morgan fingerprint density at radius 3 is 2.35 bits per heavy atom. The number of aliphatic carboxylic acids is 1. The molecular formula is C39H41N3O6. The number of aromatic nitrogens is 2. The summed E-state index contributed by atoms with van der Waals surface area (Å²) in [5.41, 5.74) is 7.86. The fraction of sp³-hybridized carbons (Fsp3) is 0.308. The van der Waals surface area contributed by atoms with E-state index in [0.717, 1.165) is 50.8 Å². The summed E-state index contributed by atoms with van der Waals surface area (Å²) in [6, 6.07) is 32.2. The predicted octanol–water partition coefficient (Wildman–Crippen LogP) is 7.09. The number of hydrogen-bond donors (Lipinski definition) is 3. The van der Waals surface area contributed by atoms with Gasteiger partial charge in [-0.3, -0.25) is 9.59 Å². The lowest BCUT2D eigenvalue weighted by atomic mass is 9.97. The topological polar surface area (TPSA) is 123 Å². The largest absolute Gasteiger partial charge is 0.481 e. The van der Waals surface area contributed by atoms with Gasteiger partial charge in [-0.05, 0) is 52.8 Å². The van der Waals surface area contributed by atoms with Crippen LogP contribution >= 0.6 is 0 Å². The number of nitrogens with zero attached hydrogens (tertiary/aromatic N) is 2. The number of hydrogen-bond acceptors (Lipinski definition) is 6. The molecule has 3 atom stereocenters. The van der Waals surface area contributed by atoms with E-state index < -0.39 is 12.3 Å². The van der Waals surface area contributed by atoms with Crippen molar-refractivity contribution in [1.82, 2.24) is 14.9 Å². The average Bonchev–Trinajstić information content (AvgIpc) is 3.53. The number of rotatable bonds is 14. The van der Waals surface area contributed by atoms with E-state index in [4.69, 9.17) is 14.6 Å². The van der Waals surface area contributed by atoms with Crippen LogP contribution in [0.5, 0.6) is 0 Å². The van der Waals surface area contributed by atoms with Crippen LogP contribution in [0.1, 0.15) is 73.2 Å². The summed E-state index contributed by atoms with van der Waals surface area (Å²) < 4.78 is 15.3. The molecule has 1 aromatic heterocycles. The summed E-state index contributed by atoms with van der Waals surface area (Å²) in [4.78, 5) is 27.7. The quantitative estimate of drug-likeness (QED) is 0.110. The molecule has 6 rings (SSSR count). The number of imidazole rings is 1. The number of fused-ring (bicyclic) bond motifs is 1. The van der Waals surface area contributed by atoms with Crippen molar-refractivity contribution < 1.29 is 29.3 Å². The van der Waals surface area contributed by atoms with Crippen LogP contribution < -0.4 is 5.32 Å². The van der Waals surface area contributed by atoms with Crippen molar-refractivity contribution in [3.8, 4) is 11.1 Å². The maximum absolute atomic E-state index is 12.5. The number of nitrogens with one attached hydrogen (secondary N) is 1. The number of aliphatic hydroxyl groups is 1. The SMILES string of the molecule is O=C(O)CCCCCC(=O)NCc1ccccc1-c1ccc([C@H]2O[C@@H](Cn3cnc4ccccc43)C[C@@H](c3ccc(CO)cc3)O2)cc1. The van der Waals surface area contributed by atoms with Crippen molar-refractivity contribution in [3.63, 3.8) is 0 Å². The molecule has 0 saturated carbocycles. The fourth-order valence-corrected chi connectivity index (χ4v) is 6.20. The molecule has 1 aliphatic heterocycles. The lowest BCUT2D eigenvalue weighted by molar-refractivity contribution is -0.252. The van der Waals surface area contributed by atoms with Gasteiger partial charge in [0, 0.05) is 31.4 Å². The zero-order valence-corrected chi connectivity index (χ0v) is 26.8. The van der Waals surface area contributed by atoms with Crippen molar-refractivity contribution >= 4 is 22.9 Å². The van der Waals surface area contributed by atoms with E-state index >= 15 is 0 Å². The summed E-state index contributed by atoms with van der Waals surface area (Å²) in [6.07, 6.45) is 4.10. The van der Waals surface area contributed by atoms with Gasteiger partial charge in [0.15, 0.2) is 6.29 Å². The van der Waals surface area contributed by atoms with Crippen LogP contribution in [0.4, 0.5) is 0 Å². The standard InChI is InChI=1S/C39H41N3O6/c43-25-27-14-16-29(17-15-27)36-22-32(24-42-26-41-34-10-6-7-11-35(34)42)47-39(48-36)30-20-18-28(19-21-30)33-9-5-4-8-31(33)23-40-37(44)12-2-1-3-13-38(45)46/h4-11,14-21,26,32,36,39,43H,1-3,12-13,22-25H2,(H,40,44)(H,45,46)/t32-,36+,39+/m1/s1. The van der Waals surface area contributed by atoms with Crippen LogP contribution in [-0.2, 0) is 38.8 Å². The number of carbonyl (C=O) groups is 2. The Labute approximate surface area is 280 Å². The first-order chi connectivity index (χ1) is 23.5. The maximum atomic E-state index is 12.5. The first-order valence-electron chi connectivity index (χ1n) is 16.5. The highest BCUT2D eigenvalue weighted by Crippen LogP contribution is 2.39. The summed E-state index contributed by atoms with van der Waals surface area (Å²) in [5, 5.41) is 21.3. The van der Waals surface area contributed by atoms with Gasteiger partial charge in [0.1, 0.15) is 0 Å². The smallest absolute Gasteiger partial charge is 0.303 e. The first kappa shape index (κ1) is 33.1. The molecule has 4 aromatic carbocycles. The molecule has 0 radical (unpaired) electrons. The van der Waals surface area contributed by atoms with Gasteiger partial charge in [0.2, 0.25) is 5.91 Å². The van der Waals surface area contributed by atoms with Crippen LogP contribution in [0, 0.1) is 0 Å². The third-order valence-corrected chi connectivity index (χ3v) is 8.82.